The smallest absolute Gasteiger partial charge is 0.259 e. The Hall–Kier alpha value is -3.46. The summed E-state index contributed by atoms with van der Waals surface area (Å²) in [7, 11) is 3.77. The van der Waals surface area contributed by atoms with Gasteiger partial charge >= 0.3 is 0 Å². The lowest BCUT2D eigenvalue weighted by Crippen LogP contribution is -2.38. The highest BCUT2D eigenvalue weighted by atomic mass is 16.5. The van der Waals surface area contributed by atoms with Gasteiger partial charge in [-0.1, -0.05) is 6.07 Å². The first-order valence-corrected chi connectivity index (χ1v) is 9.40. The molecule has 9 heteroatoms. The molecule has 0 atom stereocenters. The molecule has 0 aliphatic carbocycles. The monoisotopic (exact) mass is 393 g/mol. The zero-order valence-electron chi connectivity index (χ0n) is 16.4. The Morgan fingerprint density at radius 2 is 1.97 bits per heavy atom. The summed E-state index contributed by atoms with van der Waals surface area (Å²) in [6.07, 6.45) is 3.35. The van der Waals surface area contributed by atoms with Crippen LogP contribution in [0.25, 0.3) is 5.69 Å². The van der Waals surface area contributed by atoms with Gasteiger partial charge in [-0.2, -0.15) is 4.98 Å². The van der Waals surface area contributed by atoms with Gasteiger partial charge < -0.3 is 19.9 Å². The summed E-state index contributed by atoms with van der Waals surface area (Å²) in [4.78, 5) is 25.6. The van der Waals surface area contributed by atoms with Crippen molar-refractivity contribution in [2.75, 3.05) is 55.5 Å². The van der Waals surface area contributed by atoms with E-state index in [9.17, 15) is 4.79 Å². The molecule has 0 bridgehead atoms. The molecule has 1 N–H and O–H groups in total. The van der Waals surface area contributed by atoms with E-state index in [1.54, 1.807) is 29.3 Å². The number of ether oxygens (including phenoxy) is 1. The minimum atomic E-state index is -0.204. The van der Waals surface area contributed by atoms with Gasteiger partial charge in [-0.15, -0.1) is 5.10 Å². The number of pyridine rings is 1. The lowest BCUT2D eigenvalue weighted by molar-refractivity contribution is 0.102. The van der Waals surface area contributed by atoms with Crippen LogP contribution in [0.1, 0.15) is 10.4 Å². The SMILES string of the molecule is CN(C)c1ncn(-c2cccc(NC(=O)c3cccnc3N3CCOCC3)c2)n1. The van der Waals surface area contributed by atoms with E-state index in [-0.39, 0.29) is 5.91 Å². The van der Waals surface area contributed by atoms with Gasteiger partial charge in [0.1, 0.15) is 12.1 Å². The van der Waals surface area contributed by atoms with Gasteiger partial charge in [0.15, 0.2) is 0 Å². The molecule has 4 rings (SSSR count). The van der Waals surface area contributed by atoms with Crippen LogP contribution < -0.4 is 15.1 Å². The quantitative estimate of drug-likeness (QED) is 0.707. The van der Waals surface area contributed by atoms with Gasteiger partial charge in [-0.3, -0.25) is 4.79 Å². The van der Waals surface area contributed by atoms with Crippen LogP contribution in [0.3, 0.4) is 0 Å². The summed E-state index contributed by atoms with van der Waals surface area (Å²) in [5.74, 6) is 1.09. The summed E-state index contributed by atoms with van der Waals surface area (Å²) in [6, 6.07) is 11.0. The first kappa shape index (κ1) is 18.9. The summed E-state index contributed by atoms with van der Waals surface area (Å²) in [5.41, 5.74) is 2.02. The van der Waals surface area contributed by atoms with Crippen LogP contribution in [0.4, 0.5) is 17.5 Å². The lowest BCUT2D eigenvalue weighted by Gasteiger charge is -2.29. The number of benzene rings is 1. The minimum Gasteiger partial charge on any atom is -0.378 e. The number of hydrogen-bond donors (Lipinski definition) is 1. The Kier molecular flexibility index (Phi) is 5.39. The molecule has 9 nitrogen and oxygen atoms in total. The van der Waals surface area contributed by atoms with Gasteiger partial charge in [0.2, 0.25) is 5.95 Å². The third-order valence-electron chi connectivity index (χ3n) is 4.59. The number of anilines is 3. The van der Waals surface area contributed by atoms with E-state index < -0.39 is 0 Å². The predicted octanol–water partition coefficient (Wildman–Crippen LogP) is 1.82. The second kappa shape index (κ2) is 8.27. The Morgan fingerprint density at radius 1 is 1.14 bits per heavy atom. The number of nitrogens with zero attached hydrogens (tertiary/aromatic N) is 6. The molecule has 3 heterocycles. The molecule has 1 fully saturated rings. The van der Waals surface area contributed by atoms with Crippen molar-refractivity contribution in [1.29, 1.82) is 0 Å². The number of aromatic nitrogens is 4. The fourth-order valence-corrected chi connectivity index (χ4v) is 3.11. The van der Waals surface area contributed by atoms with E-state index in [0.717, 1.165) is 5.69 Å². The van der Waals surface area contributed by atoms with Crippen LogP contribution in [0, 0.1) is 0 Å². The van der Waals surface area contributed by atoms with Crippen molar-refractivity contribution in [1.82, 2.24) is 19.7 Å². The first-order chi connectivity index (χ1) is 14.1. The van der Waals surface area contributed by atoms with E-state index in [2.05, 4.69) is 25.3 Å². The molecular formula is C20H23N7O2. The molecule has 2 aromatic heterocycles. The Bertz CT molecular complexity index is 996. The molecule has 0 unspecified atom stereocenters. The molecule has 1 amide bonds. The minimum absolute atomic E-state index is 0.204. The standard InChI is InChI=1S/C20H23N7O2/c1-25(2)20-22-14-27(24-20)16-6-3-5-15(13-16)23-19(28)17-7-4-8-21-18(17)26-9-11-29-12-10-26/h3-8,13-14H,9-12H2,1-2H3,(H,23,28). The van der Waals surface area contributed by atoms with Crippen molar-refractivity contribution in [3.8, 4) is 5.69 Å². The topological polar surface area (TPSA) is 88.4 Å². The molecule has 29 heavy (non-hydrogen) atoms. The zero-order valence-corrected chi connectivity index (χ0v) is 16.4. The van der Waals surface area contributed by atoms with Gasteiger partial charge in [-0.05, 0) is 30.3 Å². The number of carbonyl (C=O) groups excluding carboxylic acids is 1. The highest BCUT2D eigenvalue weighted by molar-refractivity contribution is 6.07. The summed E-state index contributed by atoms with van der Waals surface area (Å²) >= 11 is 0. The van der Waals surface area contributed by atoms with Gasteiger partial charge in [0.05, 0.1) is 24.5 Å². The first-order valence-electron chi connectivity index (χ1n) is 9.40. The third-order valence-corrected chi connectivity index (χ3v) is 4.59. The van der Waals surface area contributed by atoms with E-state index in [0.29, 0.717) is 49.3 Å². The second-order valence-corrected chi connectivity index (χ2v) is 6.86. The van der Waals surface area contributed by atoms with E-state index in [1.807, 2.05) is 43.3 Å². The molecule has 0 spiro atoms. The summed E-state index contributed by atoms with van der Waals surface area (Å²) in [6.45, 7) is 2.69. The molecular weight excluding hydrogens is 370 g/mol. The number of hydrogen-bond acceptors (Lipinski definition) is 7. The maximum Gasteiger partial charge on any atom is 0.259 e. The zero-order chi connectivity index (χ0) is 20.2. The van der Waals surface area contributed by atoms with Crippen LogP contribution >= 0.6 is 0 Å². The van der Waals surface area contributed by atoms with Crippen LogP contribution in [-0.4, -0.2) is 66.1 Å². The van der Waals surface area contributed by atoms with Crippen molar-refractivity contribution >= 4 is 23.4 Å². The Labute approximate surface area is 168 Å². The number of morpholine rings is 1. The molecule has 3 aromatic rings. The fraction of sp³-hybridized carbons (Fsp3) is 0.300. The maximum atomic E-state index is 13.0. The van der Waals surface area contributed by atoms with Crippen molar-refractivity contribution < 1.29 is 9.53 Å². The third kappa shape index (κ3) is 4.19. The maximum absolute atomic E-state index is 13.0. The van der Waals surface area contributed by atoms with Crippen molar-refractivity contribution in [3.63, 3.8) is 0 Å². The average molecular weight is 393 g/mol. The second-order valence-electron chi connectivity index (χ2n) is 6.86. The van der Waals surface area contributed by atoms with Crippen LogP contribution in [0.5, 0.6) is 0 Å². The lowest BCUT2D eigenvalue weighted by atomic mass is 10.2. The Morgan fingerprint density at radius 3 is 2.72 bits per heavy atom. The van der Waals surface area contributed by atoms with Gasteiger partial charge in [0.25, 0.3) is 5.91 Å². The molecule has 1 aromatic carbocycles. The van der Waals surface area contributed by atoms with E-state index in [4.69, 9.17) is 4.74 Å². The highest BCUT2D eigenvalue weighted by Crippen LogP contribution is 2.21. The highest BCUT2D eigenvalue weighted by Gasteiger charge is 2.20. The van der Waals surface area contributed by atoms with Crippen molar-refractivity contribution in [3.05, 3.63) is 54.5 Å². The Balaban J connectivity index is 1.55. The number of carbonyl (C=O) groups is 1. The molecule has 1 saturated heterocycles. The molecule has 150 valence electrons. The van der Waals surface area contributed by atoms with E-state index >= 15 is 0 Å². The normalized spacial score (nSPS) is 13.9. The number of nitrogens with one attached hydrogen (secondary N) is 1. The number of rotatable bonds is 5. The summed E-state index contributed by atoms with van der Waals surface area (Å²) < 4.78 is 7.08. The average Bonchev–Trinajstić information content (AvgIpc) is 3.25. The van der Waals surface area contributed by atoms with Crippen LogP contribution in [0.2, 0.25) is 0 Å². The van der Waals surface area contributed by atoms with E-state index in [1.165, 1.54) is 0 Å². The van der Waals surface area contributed by atoms with Gasteiger partial charge in [0, 0.05) is 39.1 Å². The van der Waals surface area contributed by atoms with Crippen molar-refractivity contribution in [2.45, 2.75) is 0 Å². The molecule has 0 saturated carbocycles. The van der Waals surface area contributed by atoms with Crippen molar-refractivity contribution in [2.24, 2.45) is 0 Å². The van der Waals surface area contributed by atoms with Crippen LogP contribution in [0.15, 0.2) is 48.9 Å². The largest absolute Gasteiger partial charge is 0.378 e. The predicted molar refractivity (Wildman–Crippen MR) is 111 cm³/mol. The molecule has 0 radical (unpaired) electrons. The van der Waals surface area contributed by atoms with Crippen LogP contribution in [-0.2, 0) is 4.74 Å². The molecule has 1 aliphatic rings. The van der Waals surface area contributed by atoms with Gasteiger partial charge in [-0.25, -0.2) is 9.67 Å². The number of amides is 1. The summed E-state index contributed by atoms with van der Waals surface area (Å²) in [5, 5.41) is 7.39. The fourth-order valence-electron chi connectivity index (χ4n) is 3.11. The molecule has 1 aliphatic heterocycles.